The van der Waals surface area contributed by atoms with Crippen molar-refractivity contribution in [2.24, 2.45) is 0 Å². The fourth-order valence-corrected chi connectivity index (χ4v) is 1.44. The maximum Gasteiger partial charge on any atom is 0.240 e. The molecule has 82 valence electrons. The molecule has 1 saturated heterocycles. The fraction of sp³-hybridized carbons (Fsp3) is 0.500. The predicted octanol–water partition coefficient (Wildman–Crippen LogP) is 1.22. The molecule has 1 N–H and O–H groups in total. The number of anilines is 1. The van der Waals surface area contributed by atoms with E-state index in [1.54, 1.807) is 13.3 Å². The lowest BCUT2D eigenvalue weighted by Gasteiger charge is -2.14. The molecule has 1 aliphatic rings. The van der Waals surface area contributed by atoms with E-state index in [1.807, 2.05) is 12.1 Å². The van der Waals surface area contributed by atoms with Crippen LogP contribution in [0.1, 0.15) is 6.42 Å². The summed E-state index contributed by atoms with van der Waals surface area (Å²) in [6.45, 7) is 1.38. The molecule has 1 aromatic rings. The summed E-state index contributed by atoms with van der Waals surface area (Å²) in [5.74, 6) is 0.551. The van der Waals surface area contributed by atoms with E-state index in [0.29, 0.717) is 12.5 Å². The summed E-state index contributed by atoms with van der Waals surface area (Å²) in [5, 5.41) is 0. The number of hydrogen-bond acceptors (Lipinski definition) is 5. The number of aromatic nitrogens is 1. The minimum Gasteiger partial charge on any atom is -0.470 e. The zero-order valence-corrected chi connectivity index (χ0v) is 8.60. The zero-order chi connectivity index (χ0) is 10.5. The summed E-state index contributed by atoms with van der Waals surface area (Å²) in [6.07, 6.45) is 2.69. The van der Waals surface area contributed by atoms with Gasteiger partial charge in [-0.3, -0.25) is 10.3 Å². The molecule has 2 heterocycles. The van der Waals surface area contributed by atoms with Crippen molar-refractivity contribution in [3.63, 3.8) is 0 Å². The normalized spacial score (nSPS) is 20.2. The standard InChI is InChI=1S/C10H14N2O3/c1-13-12-9-3-2-5-11-10(9)15-8-4-6-14-7-8/h2-3,5,8,12H,4,6-7H2,1H3/t8-/m1/s1. The monoisotopic (exact) mass is 210 g/mol. The van der Waals surface area contributed by atoms with Crippen molar-refractivity contribution in [1.29, 1.82) is 0 Å². The van der Waals surface area contributed by atoms with Crippen molar-refractivity contribution in [3.05, 3.63) is 18.3 Å². The average Bonchev–Trinajstić information content (AvgIpc) is 2.74. The maximum absolute atomic E-state index is 5.68. The molecule has 1 atom stereocenters. The van der Waals surface area contributed by atoms with Crippen LogP contribution in [0.2, 0.25) is 0 Å². The van der Waals surface area contributed by atoms with Gasteiger partial charge in [-0.25, -0.2) is 4.98 Å². The highest BCUT2D eigenvalue weighted by molar-refractivity contribution is 5.50. The van der Waals surface area contributed by atoms with Gasteiger partial charge < -0.3 is 9.47 Å². The molecule has 0 saturated carbocycles. The first-order valence-electron chi connectivity index (χ1n) is 4.88. The van der Waals surface area contributed by atoms with Crippen LogP contribution in [0.5, 0.6) is 5.88 Å². The molecule has 1 aromatic heterocycles. The molecule has 0 radical (unpaired) electrons. The van der Waals surface area contributed by atoms with Gasteiger partial charge in [0.15, 0.2) is 0 Å². The van der Waals surface area contributed by atoms with Crippen LogP contribution in [-0.2, 0) is 9.57 Å². The Morgan fingerprint density at radius 1 is 1.60 bits per heavy atom. The summed E-state index contributed by atoms with van der Waals surface area (Å²) in [7, 11) is 1.55. The molecule has 1 fully saturated rings. The second kappa shape index (κ2) is 4.95. The number of pyridine rings is 1. The van der Waals surface area contributed by atoms with Crippen LogP contribution in [0.25, 0.3) is 0 Å². The minimum atomic E-state index is 0.0947. The van der Waals surface area contributed by atoms with Gasteiger partial charge in [-0.1, -0.05) is 0 Å². The molecule has 0 amide bonds. The zero-order valence-electron chi connectivity index (χ0n) is 8.60. The average molecular weight is 210 g/mol. The number of rotatable bonds is 4. The van der Waals surface area contributed by atoms with Crippen LogP contribution in [0, 0.1) is 0 Å². The third-order valence-electron chi connectivity index (χ3n) is 2.15. The Kier molecular flexibility index (Phi) is 3.37. The van der Waals surface area contributed by atoms with E-state index in [2.05, 4.69) is 10.5 Å². The Hall–Kier alpha value is -1.33. The number of ether oxygens (including phenoxy) is 2. The molecular formula is C10H14N2O3. The van der Waals surface area contributed by atoms with Crippen molar-refractivity contribution >= 4 is 5.69 Å². The predicted molar refractivity (Wildman–Crippen MR) is 54.7 cm³/mol. The Morgan fingerprint density at radius 2 is 2.53 bits per heavy atom. The van der Waals surface area contributed by atoms with Gasteiger partial charge in [0.2, 0.25) is 5.88 Å². The fourth-order valence-electron chi connectivity index (χ4n) is 1.44. The highest BCUT2D eigenvalue weighted by Crippen LogP contribution is 2.23. The van der Waals surface area contributed by atoms with E-state index >= 15 is 0 Å². The van der Waals surface area contributed by atoms with E-state index in [9.17, 15) is 0 Å². The highest BCUT2D eigenvalue weighted by atomic mass is 16.6. The summed E-state index contributed by atoms with van der Waals surface area (Å²) in [4.78, 5) is 8.97. The van der Waals surface area contributed by atoms with Gasteiger partial charge >= 0.3 is 0 Å². The van der Waals surface area contributed by atoms with Crippen molar-refractivity contribution < 1.29 is 14.3 Å². The Morgan fingerprint density at radius 3 is 3.27 bits per heavy atom. The summed E-state index contributed by atoms with van der Waals surface area (Å²) in [5.41, 5.74) is 3.45. The molecule has 2 rings (SSSR count). The SMILES string of the molecule is CONc1cccnc1O[C@@H]1CCOC1. The van der Waals surface area contributed by atoms with Crippen molar-refractivity contribution in [2.45, 2.75) is 12.5 Å². The number of hydrogen-bond donors (Lipinski definition) is 1. The van der Waals surface area contributed by atoms with Gasteiger partial charge in [-0.05, 0) is 12.1 Å². The first kappa shape index (κ1) is 10.2. The molecular weight excluding hydrogens is 196 g/mol. The topological polar surface area (TPSA) is 52.6 Å². The van der Waals surface area contributed by atoms with E-state index in [0.717, 1.165) is 18.7 Å². The second-order valence-electron chi connectivity index (χ2n) is 3.27. The Labute approximate surface area is 88.3 Å². The molecule has 1 aliphatic heterocycles. The van der Waals surface area contributed by atoms with Crippen LogP contribution < -0.4 is 10.2 Å². The first-order valence-corrected chi connectivity index (χ1v) is 4.88. The quantitative estimate of drug-likeness (QED) is 0.757. The second-order valence-corrected chi connectivity index (χ2v) is 3.27. The van der Waals surface area contributed by atoms with Gasteiger partial charge in [-0.2, -0.15) is 0 Å². The largest absolute Gasteiger partial charge is 0.470 e. The first-order chi connectivity index (χ1) is 7.40. The molecule has 0 unspecified atom stereocenters. The van der Waals surface area contributed by atoms with Gasteiger partial charge in [0.05, 0.1) is 20.3 Å². The molecule has 0 bridgehead atoms. The lowest BCUT2D eigenvalue weighted by Crippen LogP contribution is -2.17. The Balaban J connectivity index is 2.05. The molecule has 0 spiro atoms. The molecule has 0 aliphatic carbocycles. The van der Waals surface area contributed by atoms with Gasteiger partial charge in [0.25, 0.3) is 0 Å². The van der Waals surface area contributed by atoms with Crippen LogP contribution in [0.3, 0.4) is 0 Å². The van der Waals surface area contributed by atoms with Crippen LogP contribution >= 0.6 is 0 Å². The van der Waals surface area contributed by atoms with Gasteiger partial charge in [0.1, 0.15) is 11.8 Å². The van der Waals surface area contributed by atoms with E-state index < -0.39 is 0 Å². The van der Waals surface area contributed by atoms with E-state index in [1.165, 1.54) is 0 Å². The van der Waals surface area contributed by atoms with Crippen LogP contribution in [0.4, 0.5) is 5.69 Å². The number of nitrogens with one attached hydrogen (secondary N) is 1. The summed E-state index contributed by atoms with van der Waals surface area (Å²) >= 11 is 0. The molecule has 5 nitrogen and oxygen atoms in total. The smallest absolute Gasteiger partial charge is 0.240 e. The lowest BCUT2D eigenvalue weighted by atomic mass is 10.3. The minimum absolute atomic E-state index is 0.0947. The Bertz CT molecular complexity index is 313. The summed E-state index contributed by atoms with van der Waals surface area (Å²) < 4.78 is 10.9. The molecule has 15 heavy (non-hydrogen) atoms. The lowest BCUT2D eigenvalue weighted by molar-refractivity contribution is 0.137. The third kappa shape index (κ3) is 2.57. The molecule has 5 heteroatoms. The van der Waals surface area contributed by atoms with E-state index in [-0.39, 0.29) is 6.10 Å². The molecule has 0 aromatic carbocycles. The third-order valence-corrected chi connectivity index (χ3v) is 2.15. The van der Waals surface area contributed by atoms with Gasteiger partial charge in [0, 0.05) is 12.6 Å². The van der Waals surface area contributed by atoms with Gasteiger partial charge in [-0.15, -0.1) is 0 Å². The number of nitrogens with zero attached hydrogens (tertiary/aromatic N) is 1. The van der Waals surface area contributed by atoms with Crippen molar-refractivity contribution in [3.8, 4) is 5.88 Å². The van der Waals surface area contributed by atoms with Crippen molar-refractivity contribution in [2.75, 3.05) is 25.8 Å². The van der Waals surface area contributed by atoms with E-state index in [4.69, 9.17) is 14.3 Å². The summed E-state index contributed by atoms with van der Waals surface area (Å²) in [6, 6.07) is 3.67. The maximum atomic E-state index is 5.68. The highest BCUT2D eigenvalue weighted by Gasteiger charge is 2.19. The van der Waals surface area contributed by atoms with Crippen molar-refractivity contribution in [1.82, 2.24) is 4.98 Å². The van der Waals surface area contributed by atoms with Crippen LogP contribution in [0.15, 0.2) is 18.3 Å². The van der Waals surface area contributed by atoms with Crippen LogP contribution in [-0.4, -0.2) is 31.4 Å².